The number of anilines is 1. The molecule has 0 radical (unpaired) electrons. The zero-order valence-corrected chi connectivity index (χ0v) is 17.3. The molecule has 154 valence electrons. The Kier molecular flexibility index (Phi) is 6.12. The van der Waals surface area contributed by atoms with Crippen LogP contribution in [0.4, 0.5) is 5.82 Å². The molecule has 11 heteroatoms. The molecule has 0 saturated carbocycles. The highest BCUT2D eigenvalue weighted by Gasteiger charge is 2.21. The lowest BCUT2D eigenvalue weighted by Gasteiger charge is -2.17. The molecule has 3 rings (SSSR count). The highest BCUT2D eigenvalue weighted by atomic mass is 35.5. The second kappa shape index (κ2) is 8.56. The summed E-state index contributed by atoms with van der Waals surface area (Å²) >= 11 is 6.27. The summed E-state index contributed by atoms with van der Waals surface area (Å²) in [7, 11) is 0. The molecule has 1 amide bonds. The Balaban J connectivity index is 1.83. The van der Waals surface area contributed by atoms with Gasteiger partial charge in [0.2, 0.25) is 5.91 Å². The molecule has 0 spiro atoms. The first-order valence-electron chi connectivity index (χ1n) is 9.16. The van der Waals surface area contributed by atoms with Gasteiger partial charge >= 0.3 is 0 Å². The summed E-state index contributed by atoms with van der Waals surface area (Å²) in [5, 5.41) is 18.6. The number of aromatic nitrogens is 6. The number of nitrogens with one attached hydrogen (secondary N) is 1. The Bertz CT molecular complexity index is 1090. The van der Waals surface area contributed by atoms with Gasteiger partial charge in [0.05, 0.1) is 6.61 Å². The van der Waals surface area contributed by atoms with E-state index in [-0.39, 0.29) is 29.2 Å². The Labute approximate surface area is 171 Å². The standard InChI is InChI=1S/C18H22ClN7O3/c1-10(2)8-29-17-15(19)18(28)25(24-16(17)11(3)4)7-14(27)21-12-5-6-13-22-20-9-26(13)23-12/h5-6,9-11H,7-8H2,1-4H3,(H,21,23,27). The number of amides is 1. The van der Waals surface area contributed by atoms with E-state index in [1.807, 2.05) is 27.7 Å². The van der Waals surface area contributed by atoms with Gasteiger partial charge < -0.3 is 10.1 Å². The molecular weight excluding hydrogens is 398 g/mol. The van der Waals surface area contributed by atoms with Gasteiger partial charge in [-0.3, -0.25) is 9.59 Å². The molecule has 0 atom stereocenters. The fraction of sp³-hybridized carbons (Fsp3) is 0.444. The topological polar surface area (TPSA) is 116 Å². The van der Waals surface area contributed by atoms with Crippen molar-refractivity contribution in [1.82, 2.24) is 29.6 Å². The monoisotopic (exact) mass is 419 g/mol. The van der Waals surface area contributed by atoms with Crippen LogP contribution in [-0.4, -0.2) is 42.1 Å². The molecule has 1 N–H and O–H groups in total. The summed E-state index contributed by atoms with van der Waals surface area (Å²) < 4.78 is 8.19. The van der Waals surface area contributed by atoms with E-state index in [0.29, 0.717) is 23.8 Å². The lowest BCUT2D eigenvalue weighted by molar-refractivity contribution is -0.117. The van der Waals surface area contributed by atoms with Gasteiger partial charge in [-0.2, -0.15) is 9.61 Å². The zero-order valence-electron chi connectivity index (χ0n) is 16.6. The summed E-state index contributed by atoms with van der Waals surface area (Å²) in [6, 6.07) is 3.25. The average molecular weight is 420 g/mol. The fourth-order valence-electron chi connectivity index (χ4n) is 2.53. The molecule has 0 aliphatic rings. The fourth-order valence-corrected chi connectivity index (χ4v) is 2.78. The lowest BCUT2D eigenvalue weighted by atomic mass is 10.1. The van der Waals surface area contributed by atoms with Crippen LogP contribution in [0.1, 0.15) is 39.3 Å². The summed E-state index contributed by atoms with van der Waals surface area (Å²) in [6.07, 6.45) is 1.42. The van der Waals surface area contributed by atoms with Crippen molar-refractivity contribution in [3.63, 3.8) is 0 Å². The van der Waals surface area contributed by atoms with E-state index in [9.17, 15) is 9.59 Å². The van der Waals surface area contributed by atoms with Crippen LogP contribution in [0.25, 0.3) is 5.65 Å². The largest absolute Gasteiger partial charge is 0.490 e. The molecule has 3 aromatic heterocycles. The van der Waals surface area contributed by atoms with E-state index in [1.54, 1.807) is 12.1 Å². The quantitative estimate of drug-likeness (QED) is 0.623. The molecular formula is C18H22ClN7O3. The van der Waals surface area contributed by atoms with Crippen LogP contribution in [0.15, 0.2) is 23.3 Å². The van der Waals surface area contributed by atoms with Gasteiger partial charge in [-0.15, -0.1) is 15.3 Å². The SMILES string of the molecule is CC(C)COc1c(C(C)C)nn(CC(=O)Nc2ccc3nncn3n2)c(=O)c1Cl. The first-order chi connectivity index (χ1) is 13.8. The maximum Gasteiger partial charge on any atom is 0.289 e. The highest BCUT2D eigenvalue weighted by Crippen LogP contribution is 2.29. The van der Waals surface area contributed by atoms with Crippen LogP contribution < -0.4 is 15.6 Å². The molecule has 0 aliphatic carbocycles. The van der Waals surface area contributed by atoms with Crippen molar-refractivity contribution in [1.29, 1.82) is 0 Å². The van der Waals surface area contributed by atoms with Crippen molar-refractivity contribution in [2.45, 2.75) is 40.2 Å². The Morgan fingerprint density at radius 2 is 2.00 bits per heavy atom. The molecule has 10 nitrogen and oxygen atoms in total. The third kappa shape index (κ3) is 4.70. The first kappa shape index (κ1) is 20.7. The normalized spacial score (nSPS) is 11.4. The van der Waals surface area contributed by atoms with Crippen LogP contribution in [0.2, 0.25) is 5.02 Å². The van der Waals surface area contributed by atoms with Crippen molar-refractivity contribution in [2.75, 3.05) is 11.9 Å². The summed E-state index contributed by atoms with van der Waals surface area (Å²) in [5.41, 5.74) is 0.477. The maximum atomic E-state index is 12.6. The van der Waals surface area contributed by atoms with Crippen LogP contribution in [-0.2, 0) is 11.3 Å². The highest BCUT2D eigenvalue weighted by molar-refractivity contribution is 6.31. The second-order valence-electron chi connectivity index (χ2n) is 7.25. The number of hydrogen-bond donors (Lipinski definition) is 1. The van der Waals surface area contributed by atoms with Gasteiger partial charge in [0.25, 0.3) is 5.56 Å². The van der Waals surface area contributed by atoms with Crippen molar-refractivity contribution in [3.05, 3.63) is 39.5 Å². The molecule has 0 fully saturated rings. The van der Waals surface area contributed by atoms with Crippen LogP contribution in [0, 0.1) is 5.92 Å². The molecule has 0 bridgehead atoms. The van der Waals surface area contributed by atoms with E-state index >= 15 is 0 Å². The Hall–Kier alpha value is -3.01. The van der Waals surface area contributed by atoms with Gasteiger partial charge in [0.15, 0.2) is 22.2 Å². The predicted molar refractivity (Wildman–Crippen MR) is 107 cm³/mol. The van der Waals surface area contributed by atoms with Gasteiger partial charge in [-0.25, -0.2) is 4.68 Å². The van der Waals surface area contributed by atoms with Crippen LogP contribution in [0.3, 0.4) is 0 Å². The third-order valence-electron chi connectivity index (χ3n) is 3.91. The number of fused-ring (bicyclic) bond motifs is 1. The van der Waals surface area contributed by atoms with Crippen LogP contribution in [0.5, 0.6) is 5.75 Å². The van der Waals surface area contributed by atoms with E-state index in [4.69, 9.17) is 16.3 Å². The number of rotatable bonds is 7. The van der Waals surface area contributed by atoms with E-state index < -0.39 is 11.5 Å². The predicted octanol–water partition coefficient (Wildman–Crippen LogP) is 2.13. The van der Waals surface area contributed by atoms with Crippen LogP contribution >= 0.6 is 11.6 Å². The van der Waals surface area contributed by atoms with Crippen molar-refractivity contribution in [2.24, 2.45) is 5.92 Å². The van der Waals surface area contributed by atoms with Crippen molar-refractivity contribution < 1.29 is 9.53 Å². The second-order valence-corrected chi connectivity index (χ2v) is 7.63. The first-order valence-corrected chi connectivity index (χ1v) is 9.54. The van der Waals surface area contributed by atoms with Gasteiger partial charge in [-0.05, 0) is 18.1 Å². The Morgan fingerprint density at radius 3 is 2.69 bits per heavy atom. The zero-order chi connectivity index (χ0) is 21.1. The number of hydrogen-bond acceptors (Lipinski definition) is 7. The third-order valence-corrected chi connectivity index (χ3v) is 4.25. The molecule has 0 aromatic carbocycles. The number of halogens is 1. The molecule has 3 aromatic rings. The molecule has 29 heavy (non-hydrogen) atoms. The average Bonchev–Trinajstić information content (AvgIpc) is 3.12. The lowest BCUT2D eigenvalue weighted by Crippen LogP contribution is -2.32. The number of carbonyl (C=O) groups is 1. The number of carbonyl (C=O) groups excluding carboxylic acids is 1. The summed E-state index contributed by atoms with van der Waals surface area (Å²) in [6.45, 7) is 7.90. The molecule has 0 aliphatic heterocycles. The van der Waals surface area contributed by atoms with Crippen molar-refractivity contribution in [3.8, 4) is 5.75 Å². The minimum Gasteiger partial charge on any atom is -0.490 e. The molecule has 0 unspecified atom stereocenters. The maximum absolute atomic E-state index is 12.6. The number of nitrogens with zero attached hydrogens (tertiary/aromatic N) is 6. The summed E-state index contributed by atoms with van der Waals surface area (Å²) in [4.78, 5) is 25.0. The minimum absolute atomic E-state index is 0.0533. The molecule has 0 saturated heterocycles. The van der Waals surface area contributed by atoms with Gasteiger partial charge in [0.1, 0.15) is 18.6 Å². The van der Waals surface area contributed by atoms with Crippen molar-refractivity contribution >= 4 is 29.0 Å². The molecule has 3 heterocycles. The van der Waals surface area contributed by atoms with E-state index in [1.165, 1.54) is 10.8 Å². The smallest absolute Gasteiger partial charge is 0.289 e. The van der Waals surface area contributed by atoms with Gasteiger partial charge in [0, 0.05) is 5.92 Å². The van der Waals surface area contributed by atoms with E-state index in [2.05, 4.69) is 25.7 Å². The Morgan fingerprint density at radius 1 is 1.24 bits per heavy atom. The van der Waals surface area contributed by atoms with Gasteiger partial charge in [-0.1, -0.05) is 39.3 Å². The van der Waals surface area contributed by atoms with E-state index in [0.717, 1.165) is 4.68 Å². The number of ether oxygens (including phenoxy) is 1. The minimum atomic E-state index is -0.591. The summed E-state index contributed by atoms with van der Waals surface area (Å²) in [5.74, 6) is 0.303.